The first kappa shape index (κ1) is 12.3. The van der Waals surface area contributed by atoms with E-state index in [2.05, 4.69) is 63.9 Å². The van der Waals surface area contributed by atoms with Gasteiger partial charge in [-0.2, -0.15) is 0 Å². The summed E-state index contributed by atoms with van der Waals surface area (Å²) < 4.78 is 1.04. The van der Waals surface area contributed by atoms with Gasteiger partial charge in [0.15, 0.2) is 5.82 Å². The average molecular weight is 339 g/mol. The van der Waals surface area contributed by atoms with Crippen molar-refractivity contribution in [3.05, 3.63) is 39.6 Å². The monoisotopic (exact) mass is 339 g/mol. The summed E-state index contributed by atoms with van der Waals surface area (Å²) in [6.07, 6.45) is 1.85. The molecule has 0 amide bonds. The lowest BCUT2D eigenvalue weighted by atomic mass is 10.1. The van der Waals surface area contributed by atoms with Gasteiger partial charge in [-0.1, -0.05) is 29.8 Å². The van der Waals surface area contributed by atoms with Crippen LogP contribution in [-0.4, -0.2) is 16.5 Å². The van der Waals surface area contributed by atoms with Gasteiger partial charge in [0.25, 0.3) is 0 Å². The molecule has 1 heterocycles. The number of nitrogens with one attached hydrogen (secondary N) is 1. The number of halogens is 1. The van der Waals surface area contributed by atoms with Crippen LogP contribution in [0.15, 0.2) is 30.5 Å². The van der Waals surface area contributed by atoms with Crippen LogP contribution in [0, 0.1) is 10.5 Å². The molecular formula is C13H14IN3. The van der Waals surface area contributed by atoms with Crippen LogP contribution < -0.4 is 5.32 Å². The van der Waals surface area contributed by atoms with E-state index in [4.69, 9.17) is 0 Å². The molecule has 88 valence electrons. The van der Waals surface area contributed by atoms with Crippen molar-refractivity contribution >= 4 is 28.4 Å². The molecule has 0 aliphatic carbocycles. The minimum Gasteiger partial charge on any atom is -0.369 e. The highest BCUT2D eigenvalue weighted by molar-refractivity contribution is 14.1. The average Bonchev–Trinajstić information content (AvgIpc) is 2.33. The Labute approximate surface area is 115 Å². The third kappa shape index (κ3) is 2.94. The molecule has 2 aromatic rings. The summed E-state index contributed by atoms with van der Waals surface area (Å²) in [4.78, 5) is 8.89. The van der Waals surface area contributed by atoms with Crippen molar-refractivity contribution in [1.82, 2.24) is 9.97 Å². The molecule has 0 saturated carbocycles. The quantitative estimate of drug-likeness (QED) is 0.870. The normalized spacial score (nSPS) is 10.3. The minimum atomic E-state index is 0.765. The number of hydrogen-bond acceptors (Lipinski definition) is 3. The van der Waals surface area contributed by atoms with Crippen LogP contribution in [-0.2, 0) is 0 Å². The molecule has 0 radical (unpaired) electrons. The van der Waals surface area contributed by atoms with Crippen LogP contribution in [0.4, 0.5) is 5.82 Å². The predicted molar refractivity (Wildman–Crippen MR) is 79.1 cm³/mol. The fourth-order valence-electron chi connectivity index (χ4n) is 1.50. The molecule has 2 rings (SSSR count). The zero-order chi connectivity index (χ0) is 12.3. The molecule has 0 aliphatic rings. The van der Waals surface area contributed by atoms with Crippen molar-refractivity contribution in [1.29, 1.82) is 0 Å². The molecule has 0 spiro atoms. The first-order valence-electron chi connectivity index (χ1n) is 5.54. The van der Waals surface area contributed by atoms with Crippen LogP contribution in [0.2, 0.25) is 0 Å². The van der Waals surface area contributed by atoms with Crippen molar-refractivity contribution in [2.75, 3.05) is 11.9 Å². The molecule has 0 fully saturated rings. The second kappa shape index (κ2) is 5.44. The second-order valence-electron chi connectivity index (χ2n) is 3.79. The van der Waals surface area contributed by atoms with E-state index in [0.29, 0.717) is 0 Å². The molecule has 1 aromatic heterocycles. The topological polar surface area (TPSA) is 37.8 Å². The Morgan fingerprint density at radius 1 is 1.24 bits per heavy atom. The molecule has 1 N–H and O–H groups in total. The maximum Gasteiger partial charge on any atom is 0.161 e. The summed E-state index contributed by atoms with van der Waals surface area (Å²) in [5, 5.41) is 3.24. The minimum absolute atomic E-state index is 0.765. The van der Waals surface area contributed by atoms with Gasteiger partial charge in [0.2, 0.25) is 0 Å². The van der Waals surface area contributed by atoms with Crippen molar-refractivity contribution in [3.63, 3.8) is 0 Å². The molecule has 4 heteroatoms. The van der Waals surface area contributed by atoms with E-state index in [1.54, 1.807) is 0 Å². The van der Waals surface area contributed by atoms with E-state index in [9.17, 15) is 0 Å². The van der Waals surface area contributed by atoms with Gasteiger partial charge in [0, 0.05) is 18.3 Å². The SMILES string of the molecule is CCNc1nc(-c2ccc(C)cc2)ncc1I. The Bertz CT molecular complexity index is 509. The van der Waals surface area contributed by atoms with E-state index >= 15 is 0 Å². The highest BCUT2D eigenvalue weighted by Gasteiger charge is 2.05. The third-order valence-electron chi connectivity index (χ3n) is 2.40. The number of aryl methyl sites for hydroxylation is 1. The van der Waals surface area contributed by atoms with Gasteiger partial charge in [-0.25, -0.2) is 9.97 Å². The highest BCUT2D eigenvalue weighted by Crippen LogP contribution is 2.20. The van der Waals surface area contributed by atoms with Gasteiger partial charge in [0.1, 0.15) is 5.82 Å². The van der Waals surface area contributed by atoms with Crippen LogP contribution >= 0.6 is 22.6 Å². The number of nitrogens with zero attached hydrogens (tertiary/aromatic N) is 2. The van der Waals surface area contributed by atoms with Crippen molar-refractivity contribution in [3.8, 4) is 11.4 Å². The van der Waals surface area contributed by atoms with Gasteiger partial charge >= 0.3 is 0 Å². The zero-order valence-electron chi connectivity index (χ0n) is 9.87. The number of aromatic nitrogens is 2. The van der Waals surface area contributed by atoms with Crippen LogP contribution in [0.3, 0.4) is 0 Å². The van der Waals surface area contributed by atoms with Crippen molar-refractivity contribution < 1.29 is 0 Å². The first-order chi connectivity index (χ1) is 8.20. The number of anilines is 1. The third-order valence-corrected chi connectivity index (χ3v) is 3.19. The number of benzene rings is 1. The molecule has 0 bridgehead atoms. The molecule has 0 saturated heterocycles. The first-order valence-corrected chi connectivity index (χ1v) is 6.62. The molecule has 17 heavy (non-hydrogen) atoms. The molecule has 0 atom stereocenters. The standard InChI is InChI=1S/C13H14IN3/c1-3-15-13-11(14)8-16-12(17-13)10-6-4-9(2)5-7-10/h4-8H,3H2,1-2H3,(H,15,16,17). The molecule has 3 nitrogen and oxygen atoms in total. The molecule has 1 aromatic carbocycles. The van der Waals surface area contributed by atoms with Gasteiger partial charge in [-0.3, -0.25) is 0 Å². The number of rotatable bonds is 3. The fraction of sp³-hybridized carbons (Fsp3) is 0.231. The fourth-order valence-corrected chi connectivity index (χ4v) is 1.95. The maximum absolute atomic E-state index is 4.53. The molecule has 0 aliphatic heterocycles. The zero-order valence-corrected chi connectivity index (χ0v) is 12.0. The van der Waals surface area contributed by atoms with Crippen molar-refractivity contribution in [2.24, 2.45) is 0 Å². The van der Waals surface area contributed by atoms with E-state index in [0.717, 1.165) is 27.3 Å². The van der Waals surface area contributed by atoms with Gasteiger partial charge in [0.05, 0.1) is 3.57 Å². The van der Waals surface area contributed by atoms with Gasteiger partial charge in [-0.15, -0.1) is 0 Å². The van der Waals surface area contributed by atoms with Crippen LogP contribution in [0.25, 0.3) is 11.4 Å². The highest BCUT2D eigenvalue weighted by atomic mass is 127. The summed E-state index contributed by atoms with van der Waals surface area (Å²) >= 11 is 2.24. The molecule has 0 unspecified atom stereocenters. The Balaban J connectivity index is 2.39. The summed E-state index contributed by atoms with van der Waals surface area (Å²) in [5.41, 5.74) is 2.29. The Kier molecular flexibility index (Phi) is 3.93. The van der Waals surface area contributed by atoms with Gasteiger partial charge in [-0.05, 0) is 36.4 Å². The lowest BCUT2D eigenvalue weighted by molar-refractivity contribution is 1.10. The summed E-state index contributed by atoms with van der Waals surface area (Å²) in [7, 11) is 0. The smallest absolute Gasteiger partial charge is 0.161 e. The molecular weight excluding hydrogens is 325 g/mol. The Morgan fingerprint density at radius 3 is 2.59 bits per heavy atom. The number of hydrogen-bond donors (Lipinski definition) is 1. The summed E-state index contributed by atoms with van der Waals surface area (Å²) in [6.45, 7) is 4.99. The van der Waals surface area contributed by atoms with E-state index in [1.165, 1.54) is 5.56 Å². The van der Waals surface area contributed by atoms with E-state index in [-0.39, 0.29) is 0 Å². The second-order valence-corrected chi connectivity index (χ2v) is 4.95. The maximum atomic E-state index is 4.53. The lowest BCUT2D eigenvalue weighted by Gasteiger charge is -2.07. The van der Waals surface area contributed by atoms with E-state index < -0.39 is 0 Å². The van der Waals surface area contributed by atoms with Crippen molar-refractivity contribution in [2.45, 2.75) is 13.8 Å². The Hall–Kier alpha value is -1.17. The largest absolute Gasteiger partial charge is 0.369 e. The van der Waals surface area contributed by atoms with Gasteiger partial charge < -0.3 is 5.32 Å². The lowest BCUT2D eigenvalue weighted by Crippen LogP contribution is -2.03. The van der Waals surface area contributed by atoms with E-state index in [1.807, 2.05) is 18.3 Å². The summed E-state index contributed by atoms with van der Waals surface area (Å²) in [6, 6.07) is 8.24. The van der Waals surface area contributed by atoms with Crippen LogP contribution in [0.5, 0.6) is 0 Å². The Morgan fingerprint density at radius 2 is 1.94 bits per heavy atom. The summed E-state index contributed by atoms with van der Waals surface area (Å²) in [5.74, 6) is 1.67. The van der Waals surface area contributed by atoms with Crippen LogP contribution in [0.1, 0.15) is 12.5 Å². The predicted octanol–water partition coefficient (Wildman–Crippen LogP) is 3.49.